The summed E-state index contributed by atoms with van der Waals surface area (Å²) in [4.78, 5) is 12.3. The van der Waals surface area contributed by atoms with Crippen molar-refractivity contribution >= 4 is 43.8 Å². The standard InChI is InChI=1S/C24H24BrN3O5S/c1-32-22-14-19(13-21(25)24(22)33-17-18-9-5-3-6-10-18)15-26-27-23(29)16-28(34(2,30)31)20-11-7-4-8-12-20/h3-15H,16-17H2,1-2H3,(H,27,29)/b26-15-. The van der Waals surface area contributed by atoms with E-state index in [1.165, 1.54) is 13.3 Å². The number of hydrogen-bond donors (Lipinski definition) is 1. The summed E-state index contributed by atoms with van der Waals surface area (Å²) in [5.74, 6) is 0.448. The highest BCUT2D eigenvalue weighted by Gasteiger charge is 2.20. The van der Waals surface area contributed by atoms with Crippen LogP contribution >= 0.6 is 15.9 Å². The number of rotatable bonds is 10. The highest BCUT2D eigenvalue weighted by atomic mass is 79.9. The van der Waals surface area contributed by atoms with Gasteiger partial charge in [0, 0.05) is 0 Å². The highest BCUT2D eigenvalue weighted by Crippen LogP contribution is 2.36. The van der Waals surface area contributed by atoms with Gasteiger partial charge in [0.2, 0.25) is 10.0 Å². The summed E-state index contributed by atoms with van der Waals surface area (Å²) in [6.45, 7) is -0.0307. The number of sulfonamides is 1. The van der Waals surface area contributed by atoms with Gasteiger partial charge in [-0.25, -0.2) is 13.8 Å². The van der Waals surface area contributed by atoms with E-state index in [0.717, 1.165) is 16.1 Å². The van der Waals surface area contributed by atoms with Crippen LogP contribution < -0.4 is 19.2 Å². The molecular weight excluding hydrogens is 522 g/mol. The molecule has 0 aliphatic carbocycles. The number of nitrogens with zero attached hydrogens (tertiary/aromatic N) is 2. The minimum Gasteiger partial charge on any atom is -0.493 e. The fraction of sp³-hybridized carbons (Fsp3) is 0.167. The van der Waals surface area contributed by atoms with Crippen molar-refractivity contribution in [2.75, 3.05) is 24.2 Å². The van der Waals surface area contributed by atoms with Crippen molar-refractivity contribution < 1.29 is 22.7 Å². The molecule has 0 heterocycles. The van der Waals surface area contributed by atoms with Crippen LogP contribution in [0, 0.1) is 0 Å². The summed E-state index contributed by atoms with van der Waals surface area (Å²) < 4.78 is 37.3. The van der Waals surface area contributed by atoms with Crippen molar-refractivity contribution in [3.63, 3.8) is 0 Å². The minimum atomic E-state index is -3.65. The third kappa shape index (κ3) is 7.06. The lowest BCUT2D eigenvalue weighted by atomic mass is 10.2. The molecule has 1 N–H and O–H groups in total. The Kier molecular flexibility index (Phi) is 8.67. The topological polar surface area (TPSA) is 97.3 Å². The van der Waals surface area contributed by atoms with E-state index in [4.69, 9.17) is 9.47 Å². The summed E-state index contributed by atoms with van der Waals surface area (Å²) in [6.07, 6.45) is 2.47. The van der Waals surface area contributed by atoms with Gasteiger partial charge in [-0.3, -0.25) is 9.10 Å². The number of carbonyl (C=O) groups is 1. The number of amides is 1. The first-order valence-corrected chi connectivity index (χ1v) is 12.8. The van der Waals surface area contributed by atoms with E-state index in [0.29, 0.717) is 33.8 Å². The number of hydrogen-bond acceptors (Lipinski definition) is 6. The zero-order chi connectivity index (χ0) is 24.6. The van der Waals surface area contributed by atoms with Crippen LogP contribution in [0.5, 0.6) is 11.5 Å². The first kappa shape index (κ1) is 25.3. The molecular formula is C24H24BrN3O5S. The van der Waals surface area contributed by atoms with Crippen molar-refractivity contribution in [2.45, 2.75) is 6.61 Å². The SMILES string of the molecule is COc1cc(/C=N\NC(=O)CN(c2ccccc2)S(C)(=O)=O)cc(Br)c1OCc1ccccc1. The van der Waals surface area contributed by atoms with E-state index >= 15 is 0 Å². The third-order valence-corrected chi connectivity index (χ3v) is 6.34. The zero-order valence-corrected chi connectivity index (χ0v) is 21.0. The number of anilines is 1. The zero-order valence-electron chi connectivity index (χ0n) is 18.6. The third-order valence-electron chi connectivity index (χ3n) is 4.61. The molecule has 8 nitrogen and oxygen atoms in total. The van der Waals surface area contributed by atoms with Gasteiger partial charge in [-0.15, -0.1) is 0 Å². The van der Waals surface area contributed by atoms with Gasteiger partial charge in [-0.1, -0.05) is 48.5 Å². The van der Waals surface area contributed by atoms with Crippen molar-refractivity contribution in [1.82, 2.24) is 5.43 Å². The molecule has 3 rings (SSSR count). The predicted molar refractivity (Wildman–Crippen MR) is 136 cm³/mol. The number of methoxy groups -OCH3 is 1. The van der Waals surface area contributed by atoms with E-state index in [-0.39, 0.29) is 0 Å². The molecule has 0 aliphatic heterocycles. The van der Waals surface area contributed by atoms with Gasteiger partial charge in [-0.2, -0.15) is 5.10 Å². The first-order chi connectivity index (χ1) is 16.3. The molecule has 3 aromatic rings. The molecule has 0 aromatic heterocycles. The molecule has 0 saturated heterocycles. The van der Waals surface area contributed by atoms with Crippen molar-refractivity contribution in [3.05, 3.63) is 88.4 Å². The molecule has 0 radical (unpaired) electrons. The minimum absolute atomic E-state index is 0.373. The molecule has 0 bridgehead atoms. The Labute approximate surface area is 207 Å². The molecule has 0 aliphatic rings. The van der Waals surface area contributed by atoms with Gasteiger partial charge in [-0.05, 0) is 51.3 Å². The lowest BCUT2D eigenvalue weighted by Gasteiger charge is -2.21. The average molecular weight is 546 g/mol. The van der Waals surface area contributed by atoms with Gasteiger partial charge in [0.15, 0.2) is 11.5 Å². The predicted octanol–water partition coefficient (Wildman–Crippen LogP) is 3.95. The average Bonchev–Trinajstić information content (AvgIpc) is 2.82. The van der Waals surface area contributed by atoms with E-state index in [1.54, 1.807) is 42.5 Å². The maximum Gasteiger partial charge on any atom is 0.260 e. The molecule has 0 fully saturated rings. The lowest BCUT2D eigenvalue weighted by Crippen LogP contribution is -2.38. The molecule has 3 aromatic carbocycles. The number of halogens is 1. The summed E-state index contributed by atoms with van der Waals surface area (Å²) in [5.41, 5.74) is 4.41. The molecule has 34 heavy (non-hydrogen) atoms. The van der Waals surface area contributed by atoms with Gasteiger partial charge in [0.25, 0.3) is 5.91 Å². The number of ether oxygens (including phenoxy) is 2. The van der Waals surface area contributed by atoms with Crippen LogP contribution in [-0.2, 0) is 21.4 Å². The molecule has 0 spiro atoms. The van der Waals surface area contributed by atoms with Crippen LogP contribution in [0.1, 0.15) is 11.1 Å². The number of hydrazone groups is 1. The lowest BCUT2D eigenvalue weighted by molar-refractivity contribution is -0.119. The molecule has 10 heteroatoms. The maximum atomic E-state index is 12.3. The smallest absolute Gasteiger partial charge is 0.260 e. The van der Waals surface area contributed by atoms with Gasteiger partial charge in [0.05, 0.1) is 29.7 Å². The Morgan fingerprint density at radius 3 is 2.35 bits per heavy atom. The second-order valence-electron chi connectivity index (χ2n) is 7.21. The fourth-order valence-electron chi connectivity index (χ4n) is 3.02. The van der Waals surface area contributed by atoms with Crippen LogP contribution in [0.4, 0.5) is 5.69 Å². The van der Waals surface area contributed by atoms with E-state index in [9.17, 15) is 13.2 Å². The normalized spacial score (nSPS) is 11.3. The molecule has 0 saturated carbocycles. The molecule has 0 unspecified atom stereocenters. The van der Waals surface area contributed by atoms with Crippen LogP contribution in [0.3, 0.4) is 0 Å². The fourth-order valence-corrected chi connectivity index (χ4v) is 4.45. The quantitative estimate of drug-likeness (QED) is 0.307. The van der Waals surface area contributed by atoms with E-state index in [1.807, 2.05) is 30.3 Å². The highest BCUT2D eigenvalue weighted by molar-refractivity contribution is 9.10. The summed E-state index contributed by atoms with van der Waals surface area (Å²) in [5, 5.41) is 3.95. The van der Waals surface area contributed by atoms with E-state index < -0.39 is 22.5 Å². The Morgan fingerprint density at radius 1 is 1.09 bits per heavy atom. The Morgan fingerprint density at radius 2 is 1.74 bits per heavy atom. The largest absolute Gasteiger partial charge is 0.493 e. The van der Waals surface area contributed by atoms with Crippen LogP contribution in [0.15, 0.2) is 82.4 Å². The Bertz CT molecular complexity index is 1250. The van der Waals surface area contributed by atoms with Gasteiger partial charge in [0.1, 0.15) is 13.2 Å². The van der Waals surface area contributed by atoms with Crippen molar-refractivity contribution in [1.29, 1.82) is 0 Å². The Hall–Kier alpha value is -3.37. The number of carbonyl (C=O) groups excluding carboxylic acids is 1. The van der Waals surface area contributed by atoms with Crippen molar-refractivity contribution in [2.24, 2.45) is 5.10 Å². The Balaban J connectivity index is 1.66. The van der Waals surface area contributed by atoms with Gasteiger partial charge < -0.3 is 9.47 Å². The van der Waals surface area contributed by atoms with Crippen molar-refractivity contribution in [3.8, 4) is 11.5 Å². The van der Waals surface area contributed by atoms with Crippen LogP contribution in [-0.4, -0.2) is 40.4 Å². The molecule has 0 atom stereocenters. The molecule has 1 amide bonds. The van der Waals surface area contributed by atoms with Crippen LogP contribution in [0.2, 0.25) is 0 Å². The summed E-state index contributed by atoms with van der Waals surface area (Å²) in [6, 6.07) is 21.6. The number of nitrogens with one attached hydrogen (secondary N) is 1. The monoisotopic (exact) mass is 545 g/mol. The van der Waals surface area contributed by atoms with Crippen LogP contribution in [0.25, 0.3) is 0 Å². The number of benzene rings is 3. The van der Waals surface area contributed by atoms with E-state index in [2.05, 4.69) is 26.5 Å². The second-order valence-corrected chi connectivity index (χ2v) is 9.97. The first-order valence-electron chi connectivity index (χ1n) is 10.2. The number of para-hydroxylation sites is 1. The maximum absolute atomic E-state index is 12.3. The second kappa shape index (κ2) is 11.7. The van der Waals surface area contributed by atoms with Gasteiger partial charge >= 0.3 is 0 Å². The molecule has 178 valence electrons. The summed E-state index contributed by atoms with van der Waals surface area (Å²) >= 11 is 3.49. The summed E-state index contributed by atoms with van der Waals surface area (Å²) in [7, 11) is -2.12.